The second-order valence-electron chi connectivity index (χ2n) is 6.07. The Hall–Kier alpha value is -2.60. The van der Waals surface area contributed by atoms with Crippen LogP contribution in [0.1, 0.15) is 18.5 Å². The van der Waals surface area contributed by atoms with Gasteiger partial charge in [-0.2, -0.15) is 0 Å². The van der Waals surface area contributed by atoms with Crippen LogP contribution in [0.5, 0.6) is 5.75 Å². The molecule has 1 N–H and O–H groups in total. The van der Waals surface area contributed by atoms with E-state index in [4.69, 9.17) is 0 Å². The zero-order chi connectivity index (χ0) is 17.1. The Labute approximate surface area is 141 Å². The molecule has 2 aromatic carbocycles. The van der Waals surface area contributed by atoms with Gasteiger partial charge in [-0.25, -0.2) is 0 Å². The van der Waals surface area contributed by atoms with Gasteiger partial charge < -0.3 is 10.0 Å². The van der Waals surface area contributed by atoms with Gasteiger partial charge in [0.05, 0.1) is 4.92 Å². The van der Waals surface area contributed by atoms with Gasteiger partial charge in [-0.1, -0.05) is 12.1 Å². The van der Waals surface area contributed by atoms with Crippen molar-refractivity contribution in [1.82, 2.24) is 4.90 Å². The summed E-state index contributed by atoms with van der Waals surface area (Å²) < 4.78 is 0. The molecule has 1 atom stereocenters. The summed E-state index contributed by atoms with van der Waals surface area (Å²) >= 11 is 0. The average molecular weight is 327 g/mol. The van der Waals surface area contributed by atoms with E-state index in [-0.39, 0.29) is 22.4 Å². The summed E-state index contributed by atoms with van der Waals surface area (Å²) in [6.45, 7) is 5.67. The molecule has 0 aromatic heterocycles. The molecule has 1 aliphatic rings. The van der Waals surface area contributed by atoms with Gasteiger partial charge in [0.2, 0.25) is 0 Å². The highest BCUT2D eigenvalue weighted by atomic mass is 16.6. The van der Waals surface area contributed by atoms with Crippen LogP contribution in [0.25, 0.3) is 0 Å². The Bertz CT molecular complexity index is 710. The van der Waals surface area contributed by atoms with Gasteiger partial charge in [-0.15, -0.1) is 0 Å². The first kappa shape index (κ1) is 16.3. The number of nitro benzene ring substituents is 1. The van der Waals surface area contributed by atoms with Crippen LogP contribution in [-0.4, -0.2) is 41.1 Å². The topological polar surface area (TPSA) is 69.9 Å². The molecule has 6 heteroatoms. The summed E-state index contributed by atoms with van der Waals surface area (Å²) in [4.78, 5) is 15.2. The van der Waals surface area contributed by atoms with Crippen LogP contribution in [0, 0.1) is 10.1 Å². The van der Waals surface area contributed by atoms with Gasteiger partial charge >= 0.3 is 0 Å². The van der Waals surface area contributed by atoms with Crippen LogP contribution >= 0.6 is 0 Å². The van der Waals surface area contributed by atoms with Crippen LogP contribution in [-0.2, 0) is 0 Å². The standard InChI is InChI=1S/C18H21N3O3/c1-14(15-3-2-4-17(13-15)21(23)24)19-9-11-20(12-10-19)16-5-7-18(22)8-6-16/h2-8,13-14,22H,9-12H2,1H3. The molecular weight excluding hydrogens is 306 g/mol. The largest absolute Gasteiger partial charge is 0.508 e. The Balaban J connectivity index is 1.64. The van der Waals surface area contributed by atoms with E-state index in [0.717, 1.165) is 37.4 Å². The molecule has 2 aromatic rings. The third kappa shape index (κ3) is 3.49. The van der Waals surface area contributed by atoms with Crippen molar-refractivity contribution in [2.45, 2.75) is 13.0 Å². The molecule has 1 fully saturated rings. The number of non-ortho nitro benzene ring substituents is 1. The molecule has 0 bridgehead atoms. The molecule has 3 rings (SSSR count). The number of nitrogens with zero attached hydrogens (tertiary/aromatic N) is 3. The van der Waals surface area contributed by atoms with Gasteiger partial charge in [0, 0.05) is 50.0 Å². The predicted octanol–water partition coefficient (Wildman–Crippen LogP) is 3.18. The van der Waals surface area contributed by atoms with Crippen molar-refractivity contribution in [3.05, 3.63) is 64.2 Å². The van der Waals surface area contributed by atoms with Crippen molar-refractivity contribution in [3.63, 3.8) is 0 Å². The maximum absolute atomic E-state index is 10.9. The first-order valence-electron chi connectivity index (χ1n) is 8.07. The first-order chi connectivity index (χ1) is 11.5. The normalized spacial score (nSPS) is 16.8. The maximum atomic E-state index is 10.9. The monoisotopic (exact) mass is 327 g/mol. The first-order valence-corrected chi connectivity index (χ1v) is 8.07. The number of aromatic hydroxyl groups is 1. The summed E-state index contributed by atoms with van der Waals surface area (Å²) in [5, 5.41) is 20.3. The highest BCUT2D eigenvalue weighted by Crippen LogP contribution is 2.26. The summed E-state index contributed by atoms with van der Waals surface area (Å²) in [5.41, 5.74) is 2.22. The zero-order valence-electron chi connectivity index (χ0n) is 13.6. The van der Waals surface area contributed by atoms with Crippen molar-refractivity contribution in [1.29, 1.82) is 0 Å². The lowest BCUT2D eigenvalue weighted by molar-refractivity contribution is -0.384. The average Bonchev–Trinajstić information content (AvgIpc) is 2.62. The number of hydrogen-bond donors (Lipinski definition) is 1. The molecule has 0 amide bonds. The van der Waals surface area contributed by atoms with Gasteiger partial charge in [0.25, 0.3) is 5.69 Å². The molecule has 0 spiro atoms. The zero-order valence-corrected chi connectivity index (χ0v) is 13.6. The summed E-state index contributed by atoms with van der Waals surface area (Å²) in [7, 11) is 0. The molecular formula is C18H21N3O3. The molecule has 1 aliphatic heterocycles. The second kappa shape index (κ2) is 6.88. The van der Waals surface area contributed by atoms with Gasteiger partial charge in [0.1, 0.15) is 5.75 Å². The van der Waals surface area contributed by atoms with Crippen LogP contribution in [0.4, 0.5) is 11.4 Å². The Morgan fingerprint density at radius 3 is 2.38 bits per heavy atom. The molecule has 1 saturated heterocycles. The highest BCUT2D eigenvalue weighted by molar-refractivity contribution is 5.49. The van der Waals surface area contributed by atoms with Gasteiger partial charge in [-0.05, 0) is 36.8 Å². The lowest BCUT2D eigenvalue weighted by Crippen LogP contribution is -2.47. The predicted molar refractivity (Wildman–Crippen MR) is 93.4 cm³/mol. The molecule has 0 aliphatic carbocycles. The minimum atomic E-state index is -0.348. The number of phenols is 1. The van der Waals surface area contributed by atoms with Crippen LogP contribution in [0.15, 0.2) is 48.5 Å². The van der Waals surface area contributed by atoms with Crippen molar-refractivity contribution >= 4 is 11.4 Å². The smallest absolute Gasteiger partial charge is 0.269 e. The molecule has 0 radical (unpaired) electrons. The van der Waals surface area contributed by atoms with Crippen molar-refractivity contribution in [2.75, 3.05) is 31.1 Å². The molecule has 24 heavy (non-hydrogen) atoms. The molecule has 1 unspecified atom stereocenters. The van der Waals surface area contributed by atoms with Crippen molar-refractivity contribution in [3.8, 4) is 5.75 Å². The SMILES string of the molecule is CC(c1cccc([N+](=O)[O-])c1)N1CCN(c2ccc(O)cc2)CC1. The summed E-state index contributed by atoms with van der Waals surface area (Å²) in [6, 6.07) is 14.3. The Kier molecular flexibility index (Phi) is 4.66. The lowest BCUT2D eigenvalue weighted by Gasteiger charge is -2.39. The number of piperazine rings is 1. The third-order valence-electron chi connectivity index (χ3n) is 4.64. The van der Waals surface area contributed by atoms with E-state index in [0.29, 0.717) is 0 Å². The number of nitro groups is 1. The van der Waals surface area contributed by atoms with E-state index in [9.17, 15) is 15.2 Å². The maximum Gasteiger partial charge on any atom is 0.269 e. The van der Waals surface area contributed by atoms with Crippen LogP contribution < -0.4 is 4.90 Å². The second-order valence-corrected chi connectivity index (χ2v) is 6.07. The van der Waals surface area contributed by atoms with E-state index >= 15 is 0 Å². The summed E-state index contributed by atoms with van der Waals surface area (Å²) in [5.74, 6) is 0.275. The highest BCUT2D eigenvalue weighted by Gasteiger charge is 2.23. The quantitative estimate of drug-likeness (QED) is 0.690. The van der Waals surface area contributed by atoms with Crippen molar-refractivity contribution < 1.29 is 10.0 Å². The molecule has 0 saturated carbocycles. The number of rotatable bonds is 4. The number of hydrogen-bond acceptors (Lipinski definition) is 5. The minimum absolute atomic E-state index is 0.141. The van der Waals surface area contributed by atoms with Crippen LogP contribution in [0.3, 0.4) is 0 Å². The van der Waals surface area contributed by atoms with E-state index in [2.05, 4.69) is 16.7 Å². The Morgan fingerprint density at radius 2 is 1.75 bits per heavy atom. The molecule has 6 nitrogen and oxygen atoms in total. The third-order valence-corrected chi connectivity index (χ3v) is 4.64. The fourth-order valence-electron chi connectivity index (χ4n) is 3.14. The van der Waals surface area contributed by atoms with Gasteiger partial charge in [0.15, 0.2) is 0 Å². The van der Waals surface area contributed by atoms with E-state index in [1.807, 2.05) is 18.2 Å². The van der Waals surface area contributed by atoms with E-state index in [1.165, 1.54) is 6.07 Å². The van der Waals surface area contributed by atoms with Gasteiger partial charge in [-0.3, -0.25) is 15.0 Å². The summed E-state index contributed by atoms with van der Waals surface area (Å²) in [6.07, 6.45) is 0. The van der Waals surface area contributed by atoms with E-state index in [1.54, 1.807) is 24.3 Å². The van der Waals surface area contributed by atoms with E-state index < -0.39 is 0 Å². The number of phenolic OH excluding ortho intramolecular Hbond substituents is 1. The molecule has 126 valence electrons. The lowest BCUT2D eigenvalue weighted by atomic mass is 10.1. The number of anilines is 1. The molecule has 1 heterocycles. The fraction of sp³-hybridized carbons (Fsp3) is 0.333. The van der Waals surface area contributed by atoms with Crippen molar-refractivity contribution in [2.24, 2.45) is 0 Å². The number of benzene rings is 2. The Morgan fingerprint density at radius 1 is 1.08 bits per heavy atom. The fourth-order valence-corrected chi connectivity index (χ4v) is 3.14. The van der Waals surface area contributed by atoms with Crippen LogP contribution in [0.2, 0.25) is 0 Å². The minimum Gasteiger partial charge on any atom is -0.508 e.